The third-order valence-corrected chi connectivity index (χ3v) is 3.71. The molecule has 3 rings (SSSR count). The average Bonchev–Trinajstić information content (AvgIpc) is 2.57. The number of hydrogen-bond donors (Lipinski definition) is 1. The lowest BCUT2D eigenvalue weighted by Crippen LogP contribution is -2.40. The van der Waals surface area contributed by atoms with Crippen LogP contribution in [0.25, 0.3) is 0 Å². The van der Waals surface area contributed by atoms with Crippen LogP contribution < -0.4 is 5.32 Å². The van der Waals surface area contributed by atoms with Crippen molar-refractivity contribution in [3.05, 3.63) is 53.9 Å². The van der Waals surface area contributed by atoms with Crippen LogP contribution in [0.4, 0.5) is 11.4 Å². The smallest absolute Gasteiger partial charge is 0.255 e. The van der Waals surface area contributed by atoms with Crippen molar-refractivity contribution in [2.45, 2.75) is 6.92 Å². The maximum Gasteiger partial charge on any atom is 0.255 e. The van der Waals surface area contributed by atoms with E-state index in [1.54, 1.807) is 17.3 Å². The number of benzene rings is 1. The van der Waals surface area contributed by atoms with Gasteiger partial charge in [-0.15, -0.1) is 0 Å². The summed E-state index contributed by atoms with van der Waals surface area (Å²) in [5.74, 6) is 0.00392. The quantitative estimate of drug-likeness (QED) is 0.946. The zero-order valence-electron chi connectivity index (χ0n) is 12.6. The van der Waals surface area contributed by atoms with E-state index in [2.05, 4.69) is 10.3 Å². The van der Waals surface area contributed by atoms with Crippen LogP contribution in [0.2, 0.25) is 0 Å². The molecule has 1 aliphatic rings. The summed E-state index contributed by atoms with van der Waals surface area (Å²) in [7, 11) is 0. The molecule has 1 aromatic heterocycles. The molecule has 0 radical (unpaired) electrons. The highest BCUT2D eigenvalue weighted by atomic mass is 16.5. The van der Waals surface area contributed by atoms with Crippen LogP contribution in [-0.4, -0.2) is 42.1 Å². The number of carbonyl (C=O) groups excluding carboxylic acids is 1. The van der Waals surface area contributed by atoms with Crippen LogP contribution in [-0.2, 0) is 4.74 Å². The summed E-state index contributed by atoms with van der Waals surface area (Å²) in [5.41, 5.74) is 3.57. The van der Waals surface area contributed by atoms with Crippen molar-refractivity contribution in [2.24, 2.45) is 0 Å². The second-order valence-corrected chi connectivity index (χ2v) is 5.31. The van der Waals surface area contributed by atoms with Crippen molar-refractivity contribution in [1.82, 2.24) is 9.88 Å². The van der Waals surface area contributed by atoms with Gasteiger partial charge in [0.05, 0.1) is 30.7 Å². The fraction of sp³-hybridized carbons (Fsp3) is 0.294. The molecule has 0 saturated carbocycles. The molecular formula is C17H19N3O2. The summed E-state index contributed by atoms with van der Waals surface area (Å²) in [6.07, 6.45) is 3.34. The molecule has 1 aliphatic heterocycles. The highest BCUT2D eigenvalue weighted by Gasteiger charge is 2.19. The van der Waals surface area contributed by atoms with Gasteiger partial charge in [-0.3, -0.25) is 9.78 Å². The normalized spacial score (nSPS) is 14.7. The lowest BCUT2D eigenvalue weighted by atomic mass is 10.2. The number of hydrogen-bond acceptors (Lipinski definition) is 4. The van der Waals surface area contributed by atoms with E-state index in [1.165, 1.54) is 0 Å². The van der Waals surface area contributed by atoms with Crippen molar-refractivity contribution in [3.63, 3.8) is 0 Å². The Balaban J connectivity index is 1.77. The topological polar surface area (TPSA) is 54.5 Å². The van der Waals surface area contributed by atoms with Crippen molar-refractivity contribution >= 4 is 17.3 Å². The zero-order valence-corrected chi connectivity index (χ0v) is 12.6. The van der Waals surface area contributed by atoms with Crippen LogP contribution >= 0.6 is 0 Å². The maximum atomic E-state index is 12.5. The van der Waals surface area contributed by atoms with Crippen LogP contribution in [0.3, 0.4) is 0 Å². The SMILES string of the molecule is Cc1ccccc1Nc1cncc(C(=O)N2CCOCC2)c1. The summed E-state index contributed by atoms with van der Waals surface area (Å²) in [4.78, 5) is 18.5. The van der Waals surface area contributed by atoms with Crippen LogP contribution in [0.1, 0.15) is 15.9 Å². The fourth-order valence-electron chi connectivity index (χ4n) is 2.44. The highest BCUT2D eigenvalue weighted by molar-refractivity contribution is 5.95. The molecule has 1 saturated heterocycles. The average molecular weight is 297 g/mol. The lowest BCUT2D eigenvalue weighted by molar-refractivity contribution is 0.0302. The van der Waals surface area contributed by atoms with E-state index in [0.717, 1.165) is 16.9 Å². The number of aryl methyl sites for hydroxylation is 1. The summed E-state index contributed by atoms with van der Waals surface area (Å²) in [6.45, 7) is 4.50. The number of ether oxygens (including phenoxy) is 1. The molecule has 0 unspecified atom stereocenters. The van der Waals surface area contributed by atoms with E-state index in [9.17, 15) is 4.79 Å². The van der Waals surface area contributed by atoms with E-state index in [-0.39, 0.29) is 5.91 Å². The van der Waals surface area contributed by atoms with Gasteiger partial charge < -0.3 is 15.0 Å². The second kappa shape index (κ2) is 6.58. The molecule has 22 heavy (non-hydrogen) atoms. The van der Waals surface area contributed by atoms with Gasteiger partial charge in [-0.05, 0) is 24.6 Å². The Bertz CT molecular complexity index is 666. The summed E-state index contributed by atoms with van der Waals surface area (Å²) >= 11 is 0. The van der Waals surface area contributed by atoms with Crippen LogP contribution in [0.5, 0.6) is 0 Å². The molecule has 1 amide bonds. The molecule has 2 heterocycles. The van der Waals surface area contributed by atoms with Crippen LogP contribution in [0, 0.1) is 6.92 Å². The van der Waals surface area contributed by atoms with Gasteiger partial charge in [-0.25, -0.2) is 0 Å². The number of nitrogens with one attached hydrogen (secondary N) is 1. The van der Waals surface area contributed by atoms with Gasteiger partial charge in [0.25, 0.3) is 5.91 Å². The number of anilines is 2. The molecular weight excluding hydrogens is 278 g/mol. The van der Waals surface area contributed by atoms with Crippen molar-refractivity contribution in [3.8, 4) is 0 Å². The Kier molecular flexibility index (Phi) is 4.34. The summed E-state index contributed by atoms with van der Waals surface area (Å²) in [5, 5.41) is 3.31. The van der Waals surface area contributed by atoms with Gasteiger partial charge in [0, 0.05) is 25.0 Å². The monoisotopic (exact) mass is 297 g/mol. The maximum absolute atomic E-state index is 12.5. The summed E-state index contributed by atoms with van der Waals surface area (Å²) in [6, 6.07) is 9.87. The Hall–Kier alpha value is -2.40. The van der Waals surface area contributed by atoms with E-state index in [4.69, 9.17) is 4.74 Å². The van der Waals surface area contributed by atoms with Gasteiger partial charge in [0.2, 0.25) is 0 Å². The number of morpholine rings is 1. The molecule has 0 bridgehead atoms. The van der Waals surface area contributed by atoms with E-state index in [0.29, 0.717) is 31.9 Å². The minimum Gasteiger partial charge on any atom is -0.378 e. The van der Waals surface area contributed by atoms with E-state index in [1.807, 2.05) is 37.3 Å². The Morgan fingerprint density at radius 2 is 2.00 bits per heavy atom. The van der Waals surface area contributed by atoms with Gasteiger partial charge in [-0.2, -0.15) is 0 Å². The Morgan fingerprint density at radius 3 is 2.77 bits per heavy atom. The largest absolute Gasteiger partial charge is 0.378 e. The third kappa shape index (κ3) is 3.26. The molecule has 2 aromatic rings. The minimum atomic E-state index is 0.00392. The van der Waals surface area contributed by atoms with Crippen LogP contribution in [0.15, 0.2) is 42.7 Å². The van der Waals surface area contributed by atoms with Gasteiger partial charge >= 0.3 is 0 Å². The first-order chi connectivity index (χ1) is 10.7. The predicted molar refractivity (Wildman–Crippen MR) is 85.4 cm³/mol. The van der Waals surface area contributed by atoms with Gasteiger partial charge in [-0.1, -0.05) is 18.2 Å². The molecule has 5 heteroatoms. The number of nitrogens with zero attached hydrogens (tertiary/aromatic N) is 2. The van der Waals surface area contributed by atoms with E-state index < -0.39 is 0 Å². The molecule has 1 fully saturated rings. The predicted octanol–water partition coefficient (Wildman–Crippen LogP) is 2.61. The minimum absolute atomic E-state index is 0.00392. The Morgan fingerprint density at radius 1 is 1.23 bits per heavy atom. The first-order valence-electron chi connectivity index (χ1n) is 7.39. The number of carbonyl (C=O) groups is 1. The fourth-order valence-corrected chi connectivity index (χ4v) is 2.44. The molecule has 114 valence electrons. The number of aromatic nitrogens is 1. The second-order valence-electron chi connectivity index (χ2n) is 5.31. The molecule has 1 N–H and O–H groups in total. The van der Waals surface area contributed by atoms with Crippen molar-refractivity contribution in [1.29, 1.82) is 0 Å². The summed E-state index contributed by atoms with van der Waals surface area (Å²) < 4.78 is 5.28. The van der Waals surface area contributed by atoms with Crippen molar-refractivity contribution in [2.75, 3.05) is 31.6 Å². The number of pyridine rings is 1. The zero-order chi connectivity index (χ0) is 15.4. The molecule has 0 atom stereocenters. The van der Waals surface area contributed by atoms with Crippen molar-refractivity contribution < 1.29 is 9.53 Å². The number of amides is 1. The molecule has 0 aliphatic carbocycles. The standard InChI is InChI=1S/C17H19N3O2/c1-13-4-2-3-5-16(13)19-15-10-14(11-18-12-15)17(21)20-6-8-22-9-7-20/h2-5,10-12,19H,6-9H2,1H3. The third-order valence-electron chi connectivity index (χ3n) is 3.71. The molecule has 1 aromatic carbocycles. The van der Waals surface area contributed by atoms with Gasteiger partial charge in [0.15, 0.2) is 0 Å². The highest BCUT2D eigenvalue weighted by Crippen LogP contribution is 2.20. The first-order valence-corrected chi connectivity index (χ1v) is 7.39. The number of para-hydroxylation sites is 1. The molecule has 5 nitrogen and oxygen atoms in total. The Labute approximate surface area is 129 Å². The van der Waals surface area contributed by atoms with E-state index >= 15 is 0 Å². The first kappa shape index (κ1) is 14.5. The lowest BCUT2D eigenvalue weighted by Gasteiger charge is -2.26. The number of rotatable bonds is 3. The molecule has 0 spiro atoms. The van der Waals surface area contributed by atoms with Gasteiger partial charge in [0.1, 0.15) is 0 Å².